The van der Waals surface area contributed by atoms with E-state index in [4.69, 9.17) is 9.47 Å². The molecule has 2 atom stereocenters. The van der Waals surface area contributed by atoms with Gasteiger partial charge in [-0.1, -0.05) is 6.92 Å². The molecule has 2 fully saturated rings. The first-order chi connectivity index (χ1) is 13.0. The smallest absolute Gasteiger partial charge is 0.243 e. The van der Waals surface area contributed by atoms with Gasteiger partial charge in [0, 0.05) is 39.8 Å². The fourth-order valence-corrected chi connectivity index (χ4v) is 3.26. The molecule has 2 unspecified atom stereocenters. The van der Waals surface area contributed by atoms with E-state index in [1.165, 1.54) is 12.8 Å². The molecule has 1 N–H and O–H groups in total. The summed E-state index contributed by atoms with van der Waals surface area (Å²) >= 11 is 0. The van der Waals surface area contributed by atoms with E-state index in [9.17, 15) is 4.79 Å². The number of aliphatic imine (C=N–C) groups is 1. The third-order valence-corrected chi connectivity index (χ3v) is 5.38. The minimum Gasteiger partial charge on any atom is -0.376 e. The molecule has 2 heterocycles. The first-order valence-corrected chi connectivity index (χ1v) is 10.5. The minimum atomic E-state index is 0. The van der Waals surface area contributed by atoms with Gasteiger partial charge in [-0.2, -0.15) is 0 Å². The molecule has 0 spiro atoms. The number of ether oxygens (including phenoxy) is 2. The Morgan fingerprint density at radius 1 is 1.29 bits per heavy atom. The van der Waals surface area contributed by atoms with Crippen molar-refractivity contribution in [1.82, 2.24) is 15.1 Å². The maximum absolute atomic E-state index is 11.9. The average Bonchev–Trinajstić information content (AvgIpc) is 2.70. The molecule has 2 aliphatic heterocycles. The number of rotatable bonds is 7. The van der Waals surface area contributed by atoms with E-state index in [0.29, 0.717) is 18.8 Å². The molecular formula is C20H39IN4O3. The summed E-state index contributed by atoms with van der Waals surface area (Å²) < 4.78 is 11.9. The molecule has 0 bridgehead atoms. The molecule has 28 heavy (non-hydrogen) atoms. The summed E-state index contributed by atoms with van der Waals surface area (Å²) in [5.74, 6) is 0.859. The number of likely N-dealkylation sites (N-methyl/N-ethyl adjacent to an activating group) is 1. The summed E-state index contributed by atoms with van der Waals surface area (Å²) in [6.45, 7) is 7.86. The molecule has 7 nitrogen and oxygen atoms in total. The van der Waals surface area contributed by atoms with Crippen LogP contribution in [0.5, 0.6) is 0 Å². The van der Waals surface area contributed by atoms with Gasteiger partial charge in [0.2, 0.25) is 5.91 Å². The predicted octanol–water partition coefficient (Wildman–Crippen LogP) is 2.49. The van der Waals surface area contributed by atoms with Crippen LogP contribution in [0.15, 0.2) is 4.99 Å². The third-order valence-electron chi connectivity index (χ3n) is 5.38. The molecule has 0 aromatic carbocycles. The summed E-state index contributed by atoms with van der Waals surface area (Å²) in [7, 11) is 3.52. The molecule has 0 saturated carbocycles. The summed E-state index contributed by atoms with van der Waals surface area (Å²) in [6.07, 6.45) is 7.09. The van der Waals surface area contributed by atoms with E-state index in [0.717, 1.165) is 51.3 Å². The topological polar surface area (TPSA) is 66.4 Å². The van der Waals surface area contributed by atoms with Crippen molar-refractivity contribution >= 4 is 35.8 Å². The van der Waals surface area contributed by atoms with Crippen LogP contribution in [0.1, 0.15) is 52.4 Å². The van der Waals surface area contributed by atoms with Gasteiger partial charge < -0.3 is 24.6 Å². The first kappa shape index (κ1) is 25.4. The third kappa shape index (κ3) is 8.82. The summed E-state index contributed by atoms with van der Waals surface area (Å²) in [5, 5.41) is 3.47. The second kappa shape index (κ2) is 13.6. The van der Waals surface area contributed by atoms with Gasteiger partial charge in [0.1, 0.15) is 6.54 Å². The van der Waals surface area contributed by atoms with E-state index in [1.54, 1.807) is 19.0 Å². The van der Waals surface area contributed by atoms with Gasteiger partial charge in [0.25, 0.3) is 0 Å². The lowest BCUT2D eigenvalue weighted by Gasteiger charge is -2.36. The lowest BCUT2D eigenvalue weighted by Crippen LogP contribution is -2.49. The van der Waals surface area contributed by atoms with E-state index in [-0.39, 0.29) is 42.5 Å². The molecule has 0 radical (unpaired) electrons. The molecule has 8 heteroatoms. The van der Waals surface area contributed by atoms with Crippen LogP contribution in [0, 0.1) is 0 Å². The fraction of sp³-hybridized carbons (Fsp3) is 0.900. The van der Waals surface area contributed by atoms with Crippen LogP contribution in [0.4, 0.5) is 0 Å². The highest BCUT2D eigenvalue weighted by atomic mass is 127. The van der Waals surface area contributed by atoms with Crippen LogP contribution in [-0.2, 0) is 14.3 Å². The zero-order valence-electron chi connectivity index (χ0n) is 18.0. The second-order valence-electron chi connectivity index (χ2n) is 7.89. The molecule has 2 saturated heterocycles. The summed E-state index contributed by atoms with van der Waals surface area (Å²) in [6, 6.07) is 0.329. The number of guanidine groups is 1. The quantitative estimate of drug-likeness (QED) is 0.324. The van der Waals surface area contributed by atoms with Crippen LogP contribution in [0.25, 0.3) is 0 Å². The molecule has 0 aromatic rings. The average molecular weight is 510 g/mol. The Morgan fingerprint density at radius 2 is 2.00 bits per heavy atom. The van der Waals surface area contributed by atoms with Crippen molar-refractivity contribution in [3.05, 3.63) is 0 Å². The number of nitrogens with one attached hydrogen (secondary N) is 1. The highest BCUT2D eigenvalue weighted by Gasteiger charge is 2.24. The fourth-order valence-electron chi connectivity index (χ4n) is 3.26. The van der Waals surface area contributed by atoms with Crippen LogP contribution < -0.4 is 5.32 Å². The van der Waals surface area contributed by atoms with Gasteiger partial charge in [-0.25, -0.2) is 4.99 Å². The van der Waals surface area contributed by atoms with Gasteiger partial charge in [0.05, 0.1) is 18.8 Å². The maximum Gasteiger partial charge on any atom is 0.243 e. The Morgan fingerprint density at radius 3 is 2.57 bits per heavy atom. The zero-order valence-corrected chi connectivity index (χ0v) is 20.3. The number of piperidine rings is 1. The molecule has 0 aliphatic carbocycles. The normalized spacial score (nSPS) is 22.4. The van der Waals surface area contributed by atoms with Crippen LogP contribution >= 0.6 is 24.0 Å². The zero-order chi connectivity index (χ0) is 19.6. The summed E-state index contributed by atoms with van der Waals surface area (Å²) in [5.41, 5.74) is 0. The van der Waals surface area contributed by atoms with E-state index < -0.39 is 0 Å². The van der Waals surface area contributed by atoms with Crippen molar-refractivity contribution in [2.45, 2.75) is 70.6 Å². The lowest BCUT2D eigenvalue weighted by atomic mass is 10.1. The Hall–Kier alpha value is -0.610. The Kier molecular flexibility index (Phi) is 12.3. The number of nitrogens with zero attached hydrogens (tertiary/aromatic N) is 3. The molecule has 0 aromatic heterocycles. The van der Waals surface area contributed by atoms with Gasteiger partial charge in [-0.05, 0) is 45.4 Å². The maximum atomic E-state index is 11.9. The van der Waals surface area contributed by atoms with Crippen molar-refractivity contribution in [1.29, 1.82) is 0 Å². The van der Waals surface area contributed by atoms with Gasteiger partial charge in [-0.3, -0.25) is 4.79 Å². The number of hydrogen-bond acceptors (Lipinski definition) is 4. The van der Waals surface area contributed by atoms with E-state index in [2.05, 4.69) is 29.1 Å². The SMILES string of the molecule is CCC(C)NC(=NCC(=O)N(C)C)N1CCC(OCC2CCCCO2)CC1.I. The Bertz CT molecular complexity index is 476. The Balaban J connectivity index is 0.00000392. The van der Waals surface area contributed by atoms with Gasteiger partial charge >= 0.3 is 0 Å². The predicted molar refractivity (Wildman–Crippen MR) is 123 cm³/mol. The molecule has 2 aliphatic rings. The van der Waals surface area contributed by atoms with Crippen molar-refractivity contribution < 1.29 is 14.3 Å². The Labute approximate surface area is 187 Å². The highest BCUT2D eigenvalue weighted by molar-refractivity contribution is 14.0. The van der Waals surface area contributed by atoms with Crippen LogP contribution in [0.3, 0.4) is 0 Å². The van der Waals surface area contributed by atoms with Gasteiger partial charge in [0.15, 0.2) is 5.96 Å². The number of halogens is 1. The number of amides is 1. The number of carbonyl (C=O) groups is 1. The van der Waals surface area contributed by atoms with Crippen molar-refractivity contribution in [3.8, 4) is 0 Å². The molecule has 1 amide bonds. The number of likely N-dealkylation sites (tertiary alicyclic amines) is 1. The molecule has 2 rings (SSSR count). The van der Waals surface area contributed by atoms with E-state index >= 15 is 0 Å². The van der Waals surface area contributed by atoms with E-state index in [1.807, 2.05) is 0 Å². The second-order valence-corrected chi connectivity index (χ2v) is 7.89. The van der Waals surface area contributed by atoms with Crippen molar-refractivity contribution in [2.75, 3.05) is 46.9 Å². The summed E-state index contributed by atoms with van der Waals surface area (Å²) in [4.78, 5) is 20.3. The van der Waals surface area contributed by atoms with Crippen molar-refractivity contribution in [3.63, 3.8) is 0 Å². The monoisotopic (exact) mass is 510 g/mol. The standard InChI is InChI=1S/C20H38N4O3.HI/c1-5-16(2)22-20(21-14-19(25)23(3)4)24-11-9-17(10-12-24)27-15-18-8-6-7-13-26-18;/h16-18H,5-15H2,1-4H3,(H,21,22);1H. The molecule has 164 valence electrons. The van der Waals surface area contributed by atoms with Crippen LogP contribution in [0.2, 0.25) is 0 Å². The van der Waals surface area contributed by atoms with Crippen LogP contribution in [-0.4, -0.2) is 86.9 Å². The lowest BCUT2D eigenvalue weighted by molar-refractivity contribution is -0.127. The van der Waals surface area contributed by atoms with Gasteiger partial charge in [-0.15, -0.1) is 24.0 Å². The largest absolute Gasteiger partial charge is 0.376 e. The number of hydrogen-bond donors (Lipinski definition) is 1. The minimum absolute atomic E-state index is 0. The number of carbonyl (C=O) groups excluding carboxylic acids is 1. The first-order valence-electron chi connectivity index (χ1n) is 10.5. The van der Waals surface area contributed by atoms with Crippen molar-refractivity contribution in [2.24, 2.45) is 4.99 Å². The molecular weight excluding hydrogens is 471 g/mol. The highest BCUT2D eigenvalue weighted by Crippen LogP contribution is 2.18.